The lowest BCUT2D eigenvalue weighted by Crippen LogP contribution is -2.49. The van der Waals surface area contributed by atoms with Crippen molar-refractivity contribution in [1.29, 1.82) is 0 Å². The van der Waals surface area contributed by atoms with Crippen molar-refractivity contribution >= 4 is 40.7 Å². The molecule has 0 radical (unpaired) electrons. The van der Waals surface area contributed by atoms with Crippen LogP contribution in [0.1, 0.15) is 44.2 Å². The quantitative estimate of drug-likeness (QED) is 0.472. The number of nitrogens with zero attached hydrogens (tertiary/aromatic N) is 2. The van der Waals surface area contributed by atoms with Gasteiger partial charge in [-0.1, -0.05) is 56.1 Å². The van der Waals surface area contributed by atoms with E-state index in [1.165, 1.54) is 12.1 Å². The molecule has 0 bridgehead atoms. The molecule has 0 aromatic heterocycles. The molecule has 3 N–H and O–H groups in total. The van der Waals surface area contributed by atoms with Crippen LogP contribution in [0.15, 0.2) is 48.8 Å². The Morgan fingerprint density at radius 3 is 2.58 bits per heavy atom. The highest BCUT2D eigenvalue weighted by atomic mass is 35.5. The molecule has 2 aromatic carbocycles. The summed E-state index contributed by atoms with van der Waals surface area (Å²) in [6.45, 7) is 9.89. The van der Waals surface area contributed by atoms with Gasteiger partial charge in [-0.3, -0.25) is 9.59 Å². The Labute approximate surface area is 245 Å². The number of fused-ring (bicyclic) bond motifs is 2. The van der Waals surface area contributed by atoms with Gasteiger partial charge < -0.3 is 25.8 Å². The number of halogens is 3. The molecule has 2 saturated heterocycles. The molecule has 0 saturated carbocycles. The van der Waals surface area contributed by atoms with Crippen LogP contribution in [-0.2, 0) is 15.0 Å². The largest absolute Gasteiger partial charge is 0.374 e. The number of rotatable bonds is 5. The number of carbonyl (C=O) groups is 2. The minimum Gasteiger partial charge on any atom is -0.374 e. The average Bonchev–Trinajstić information content (AvgIpc) is 3.35. The molecule has 2 aromatic rings. The Hall–Kier alpha value is -2.65. The number of carbonyl (C=O) groups excluding carboxylic acids is 2. The lowest BCUT2D eigenvalue weighted by Gasteiger charge is -2.37. The van der Waals surface area contributed by atoms with E-state index in [4.69, 9.17) is 23.2 Å². The molecule has 3 aliphatic heterocycles. The first kappa shape index (κ1) is 28.9. The molecule has 40 heavy (non-hydrogen) atoms. The molecule has 0 aliphatic carbocycles. The van der Waals surface area contributed by atoms with Crippen molar-refractivity contribution in [2.24, 2.45) is 5.41 Å². The van der Waals surface area contributed by atoms with Gasteiger partial charge in [0.15, 0.2) is 0 Å². The number of piperazine rings is 1. The van der Waals surface area contributed by atoms with Crippen LogP contribution >= 0.6 is 23.2 Å². The molecule has 7 nitrogen and oxygen atoms in total. The Morgan fingerprint density at radius 1 is 1.18 bits per heavy atom. The van der Waals surface area contributed by atoms with E-state index >= 15 is 4.39 Å². The van der Waals surface area contributed by atoms with Gasteiger partial charge in [-0.25, -0.2) is 4.39 Å². The summed E-state index contributed by atoms with van der Waals surface area (Å²) in [6.07, 6.45) is 4.11. The van der Waals surface area contributed by atoms with E-state index in [1.54, 1.807) is 24.4 Å². The van der Waals surface area contributed by atoms with Crippen molar-refractivity contribution in [3.05, 3.63) is 75.8 Å². The summed E-state index contributed by atoms with van der Waals surface area (Å²) in [5, 5.41) is 9.85. The zero-order valence-corrected chi connectivity index (χ0v) is 24.7. The Morgan fingerprint density at radius 2 is 1.90 bits per heavy atom. The van der Waals surface area contributed by atoms with Crippen LogP contribution in [0.25, 0.3) is 0 Å². The Kier molecular flexibility index (Phi) is 7.92. The summed E-state index contributed by atoms with van der Waals surface area (Å²) in [5.41, 5.74) is 0.194. The van der Waals surface area contributed by atoms with E-state index in [-0.39, 0.29) is 22.3 Å². The second kappa shape index (κ2) is 11.0. The fourth-order valence-electron chi connectivity index (χ4n) is 6.42. The summed E-state index contributed by atoms with van der Waals surface area (Å²) < 4.78 is 15.0. The number of likely N-dealkylation sites (N-methyl/N-ethyl adjacent to an activating group) is 1. The number of amides is 2. The standard InChI is InChI=1S/C30H36Cl2FN5O2/c1-29(2,3)17-24-30(20-15-22(33)21(32)16-23(20)35-28(30)40)25(18-6-5-7-19(31)14-18)26(36-24)27(39)34-8-9-38-12-10-37(4)11-13-38/h5-9,14-16,24-26,36H,10-13,17H2,1-4H3,(H,34,39)(H,35,40)/b9-8+/t24-,25+,26-,30+/m1/s1. The van der Waals surface area contributed by atoms with Crippen LogP contribution in [0.5, 0.6) is 0 Å². The molecule has 10 heteroatoms. The normalized spacial score (nSPS) is 26.9. The van der Waals surface area contributed by atoms with Crippen molar-refractivity contribution < 1.29 is 14.0 Å². The maximum atomic E-state index is 15.0. The number of hydrogen-bond acceptors (Lipinski definition) is 5. The molecule has 2 fully saturated rings. The van der Waals surface area contributed by atoms with Crippen LogP contribution in [0, 0.1) is 11.2 Å². The summed E-state index contributed by atoms with van der Waals surface area (Å²) in [5.74, 6) is -1.85. The fraction of sp³-hybridized carbons (Fsp3) is 0.467. The molecular formula is C30H36Cl2FN5O2. The van der Waals surface area contributed by atoms with Gasteiger partial charge in [0.25, 0.3) is 0 Å². The monoisotopic (exact) mass is 587 g/mol. The lowest BCUT2D eigenvalue weighted by atomic mass is 9.62. The first-order valence-corrected chi connectivity index (χ1v) is 14.4. The summed E-state index contributed by atoms with van der Waals surface area (Å²) >= 11 is 12.6. The van der Waals surface area contributed by atoms with Gasteiger partial charge >= 0.3 is 0 Å². The maximum Gasteiger partial charge on any atom is 0.241 e. The SMILES string of the molecule is CN1CCN(/C=C/NC(=O)[C@@H]2N[C@H](CC(C)(C)C)[C@]3(C(=O)Nc4cc(Cl)c(F)cc43)[C@H]2c2cccc(Cl)c2)CC1. The van der Waals surface area contributed by atoms with Gasteiger partial charge in [-0.15, -0.1) is 0 Å². The molecular weight excluding hydrogens is 552 g/mol. The molecule has 0 unspecified atom stereocenters. The lowest BCUT2D eigenvalue weighted by molar-refractivity contribution is -0.123. The van der Waals surface area contributed by atoms with E-state index in [1.807, 2.05) is 12.3 Å². The van der Waals surface area contributed by atoms with Crippen LogP contribution in [-0.4, -0.2) is 66.9 Å². The second-order valence-electron chi connectivity index (χ2n) is 12.3. The van der Waals surface area contributed by atoms with Gasteiger partial charge in [0, 0.05) is 61.2 Å². The summed E-state index contributed by atoms with van der Waals surface area (Å²) in [7, 11) is 2.09. The zero-order chi connectivity index (χ0) is 28.8. The highest BCUT2D eigenvalue weighted by molar-refractivity contribution is 6.31. The highest BCUT2D eigenvalue weighted by Gasteiger charge is 2.65. The zero-order valence-electron chi connectivity index (χ0n) is 23.2. The van der Waals surface area contributed by atoms with Gasteiger partial charge in [-0.05, 0) is 54.3 Å². The number of hydrogen-bond donors (Lipinski definition) is 3. The molecule has 3 aliphatic rings. The fourth-order valence-corrected chi connectivity index (χ4v) is 6.78. The Bertz CT molecular complexity index is 1340. The maximum absolute atomic E-state index is 15.0. The van der Waals surface area contributed by atoms with E-state index in [0.29, 0.717) is 22.7 Å². The average molecular weight is 589 g/mol. The van der Waals surface area contributed by atoms with E-state index in [0.717, 1.165) is 31.7 Å². The smallest absolute Gasteiger partial charge is 0.241 e. The van der Waals surface area contributed by atoms with Crippen molar-refractivity contribution in [3.8, 4) is 0 Å². The minimum absolute atomic E-state index is 0.0722. The third kappa shape index (κ3) is 5.34. The van der Waals surface area contributed by atoms with Crippen LogP contribution in [0.2, 0.25) is 10.0 Å². The summed E-state index contributed by atoms with van der Waals surface area (Å²) in [6, 6.07) is 8.74. The minimum atomic E-state index is -1.28. The second-order valence-corrected chi connectivity index (χ2v) is 13.1. The Balaban J connectivity index is 1.59. The third-order valence-corrected chi connectivity index (χ3v) is 8.76. The predicted molar refractivity (Wildman–Crippen MR) is 157 cm³/mol. The van der Waals surface area contributed by atoms with E-state index in [9.17, 15) is 9.59 Å². The molecule has 1 spiro atoms. The molecule has 214 valence electrons. The van der Waals surface area contributed by atoms with Gasteiger partial charge in [-0.2, -0.15) is 0 Å². The van der Waals surface area contributed by atoms with E-state index in [2.05, 4.69) is 53.6 Å². The first-order valence-electron chi connectivity index (χ1n) is 13.6. The number of anilines is 1. The molecule has 2 amide bonds. The van der Waals surface area contributed by atoms with Crippen molar-refractivity contribution in [3.63, 3.8) is 0 Å². The highest BCUT2D eigenvalue weighted by Crippen LogP contribution is 2.57. The number of benzene rings is 2. The topological polar surface area (TPSA) is 76.7 Å². The molecule has 3 heterocycles. The van der Waals surface area contributed by atoms with Crippen molar-refractivity contribution in [1.82, 2.24) is 20.4 Å². The predicted octanol–water partition coefficient (Wildman–Crippen LogP) is 4.72. The summed E-state index contributed by atoms with van der Waals surface area (Å²) in [4.78, 5) is 32.5. The van der Waals surface area contributed by atoms with Crippen LogP contribution in [0.3, 0.4) is 0 Å². The molecule has 5 rings (SSSR count). The van der Waals surface area contributed by atoms with E-state index < -0.39 is 29.2 Å². The van der Waals surface area contributed by atoms with Gasteiger partial charge in [0.05, 0.1) is 11.1 Å². The first-order chi connectivity index (χ1) is 18.9. The van der Waals surface area contributed by atoms with Crippen LogP contribution < -0.4 is 16.0 Å². The van der Waals surface area contributed by atoms with Gasteiger partial charge in [0.2, 0.25) is 11.8 Å². The van der Waals surface area contributed by atoms with Gasteiger partial charge in [0.1, 0.15) is 11.2 Å². The van der Waals surface area contributed by atoms with Crippen molar-refractivity contribution in [2.75, 3.05) is 38.5 Å². The number of nitrogens with one attached hydrogen (secondary N) is 3. The van der Waals surface area contributed by atoms with Crippen molar-refractivity contribution in [2.45, 2.75) is 50.6 Å². The molecule has 4 atom stereocenters. The van der Waals surface area contributed by atoms with Crippen LogP contribution in [0.4, 0.5) is 10.1 Å². The third-order valence-electron chi connectivity index (χ3n) is 8.24.